The molecule has 0 radical (unpaired) electrons. The first-order chi connectivity index (χ1) is 25.8. The van der Waals surface area contributed by atoms with E-state index >= 15 is 0 Å². The van der Waals surface area contributed by atoms with Gasteiger partial charge in [-0.05, 0) is 73.3 Å². The molecule has 5 N–H and O–H groups in total. The lowest BCUT2D eigenvalue weighted by Gasteiger charge is -2.24. The number of phenols is 1. The van der Waals surface area contributed by atoms with Gasteiger partial charge in [-0.25, -0.2) is 4.79 Å². The summed E-state index contributed by atoms with van der Waals surface area (Å²) in [5.41, 5.74) is 4.04. The van der Waals surface area contributed by atoms with E-state index in [1.807, 2.05) is 36.1 Å². The normalized spacial score (nSPS) is 15.1. The van der Waals surface area contributed by atoms with Gasteiger partial charge in [-0.15, -0.1) is 23.2 Å². The second-order valence-corrected chi connectivity index (χ2v) is 11.9. The Morgan fingerprint density at radius 2 is 1.79 bits per heavy atom. The summed E-state index contributed by atoms with van der Waals surface area (Å²) in [7, 11) is 1.80. The van der Waals surface area contributed by atoms with Crippen molar-refractivity contribution in [1.82, 2.24) is 25.8 Å². The number of carbonyl (C=O) groups is 3. The summed E-state index contributed by atoms with van der Waals surface area (Å²) in [6.07, 6.45) is 9.82. The predicted molar refractivity (Wildman–Crippen MR) is 207 cm³/mol. The standard InChI is InChI=1S/C36H40N6O7.2CH3Cl/c1-23-4-3-5-28-31(49-36(47)40(15-13-37-2)16-18-48-19-17-43)20-30-27(33(23)28)12-14-42(30)35(46)29-22-41-21-25(8-11-32(41)39-29)38-34(45)24-6-9-26(44)10-7-24;2*1-2/h3-11,20-22,32,37,39,43-44H,12-19H2,1-2H3,(H,38,45);2*1H3. The number of anilines is 1. The SMILES string of the molecule is CCl.CCl.CNCCN(CCOCCO)C(=O)Oc1cc2c(c3c(C)cccc13)CCN2C(=O)C1=CN2C=C(NC(=O)c3ccc(O)cc3)C=CC2N1. The van der Waals surface area contributed by atoms with E-state index in [1.54, 1.807) is 41.4 Å². The molecule has 0 saturated heterocycles. The lowest BCUT2D eigenvalue weighted by Crippen LogP contribution is -2.40. The number of fused-ring (bicyclic) bond motifs is 4. The van der Waals surface area contributed by atoms with Crippen molar-refractivity contribution in [2.45, 2.75) is 19.5 Å². The number of nitrogens with zero attached hydrogens (tertiary/aromatic N) is 3. The Bertz CT molecular complexity index is 1850. The van der Waals surface area contributed by atoms with Crippen LogP contribution in [0.5, 0.6) is 11.5 Å². The zero-order chi connectivity index (χ0) is 38.5. The highest BCUT2D eigenvalue weighted by atomic mass is 35.5. The van der Waals surface area contributed by atoms with E-state index in [2.05, 4.69) is 39.2 Å². The summed E-state index contributed by atoms with van der Waals surface area (Å²) in [4.78, 5) is 45.3. The monoisotopic (exact) mass is 768 g/mol. The maximum Gasteiger partial charge on any atom is 0.415 e. The topological polar surface area (TPSA) is 156 Å². The Balaban J connectivity index is 0.00000152. The molecule has 0 aliphatic carbocycles. The summed E-state index contributed by atoms with van der Waals surface area (Å²) in [5, 5.41) is 29.5. The van der Waals surface area contributed by atoms with Crippen LogP contribution >= 0.6 is 23.2 Å². The average Bonchev–Trinajstić information content (AvgIpc) is 3.80. The van der Waals surface area contributed by atoms with Gasteiger partial charge in [0.1, 0.15) is 23.4 Å². The number of hydrogen-bond acceptors (Lipinski definition) is 10. The van der Waals surface area contributed by atoms with Gasteiger partial charge >= 0.3 is 6.09 Å². The first-order valence-corrected chi connectivity index (χ1v) is 18.5. The molecule has 3 heterocycles. The van der Waals surface area contributed by atoms with E-state index in [1.165, 1.54) is 37.0 Å². The molecule has 284 valence electrons. The largest absolute Gasteiger partial charge is 0.508 e. The summed E-state index contributed by atoms with van der Waals surface area (Å²) in [6.45, 7) is 4.03. The summed E-state index contributed by atoms with van der Waals surface area (Å²) in [5.74, 6) is -0.119. The van der Waals surface area contributed by atoms with Crippen LogP contribution in [-0.2, 0) is 16.0 Å². The summed E-state index contributed by atoms with van der Waals surface area (Å²) >= 11 is 9.28. The Labute approximate surface area is 319 Å². The third-order valence-corrected chi connectivity index (χ3v) is 8.63. The Hall–Kier alpha value is -4.79. The minimum Gasteiger partial charge on any atom is -0.508 e. The number of aromatic hydroxyl groups is 1. The first kappa shape index (κ1) is 41.0. The molecule has 3 aromatic rings. The van der Waals surface area contributed by atoms with E-state index in [4.69, 9.17) is 14.6 Å². The predicted octanol–water partition coefficient (Wildman–Crippen LogP) is 4.40. The molecule has 3 amide bonds. The number of aliphatic hydroxyl groups excluding tert-OH is 1. The van der Waals surface area contributed by atoms with Gasteiger partial charge in [0, 0.05) is 68.4 Å². The highest BCUT2D eigenvalue weighted by Crippen LogP contribution is 2.42. The zero-order valence-corrected chi connectivity index (χ0v) is 31.7. The number of nitrogens with one attached hydrogen (secondary N) is 3. The van der Waals surface area contributed by atoms with E-state index in [0.29, 0.717) is 54.4 Å². The van der Waals surface area contributed by atoms with E-state index in [9.17, 15) is 19.5 Å². The number of likely N-dealkylation sites (N-methyl/N-ethyl adjacent to an activating group) is 1. The molecule has 0 fully saturated rings. The van der Waals surface area contributed by atoms with Crippen LogP contribution in [-0.4, -0.2) is 110 Å². The van der Waals surface area contributed by atoms with Crippen molar-refractivity contribution < 1.29 is 34.1 Å². The molecule has 0 bridgehead atoms. The number of aliphatic hydroxyl groups is 1. The second-order valence-electron chi connectivity index (χ2n) is 11.9. The number of phenolic OH excluding ortho intramolecular Hbond substituents is 1. The second kappa shape index (κ2) is 19.9. The molecule has 3 aromatic carbocycles. The maximum atomic E-state index is 14.1. The maximum absolute atomic E-state index is 14.1. The molecule has 1 atom stereocenters. The van der Waals surface area contributed by atoms with Crippen LogP contribution < -0.4 is 25.6 Å². The number of allylic oxidation sites excluding steroid dienone is 1. The van der Waals surface area contributed by atoms with Crippen molar-refractivity contribution in [3.63, 3.8) is 0 Å². The van der Waals surface area contributed by atoms with Gasteiger partial charge in [-0.1, -0.05) is 18.2 Å². The number of benzene rings is 3. The minimum atomic E-state index is -0.537. The number of carbonyl (C=O) groups excluding carboxylic acids is 3. The van der Waals surface area contributed by atoms with Gasteiger partial charge in [0.2, 0.25) is 0 Å². The van der Waals surface area contributed by atoms with E-state index < -0.39 is 6.09 Å². The number of halogens is 2. The molecule has 15 heteroatoms. The highest BCUT2D eigenvalue weighted by molar-refractivity contribution is 6.15. The van der Waals surface area contributed by atoms with Gasteiger partial charge in [0.05, 0.1) is 31.2 Å². The molecule has 6 rings (SSSR count). The molecule has 1 unspecified atom stereocenters. The van der Waals surface area contributed by atoms with Gasteiger partial charge in [0.15, 0.2) is 0 Å². The van der Waals surface area contributed by atoms with Gasteiger partial charge in [-0.2, -0.15) is 0 Å². The van der Waals surface area contributed by atoms with Gasteiger partial charge in [0.25, 0.3) is 11.8 Å². The fourth-order valence-corrected chi connectivity index (χ4v) is 6.18. The van der Waals surface area contributed by atoms with Crippen LogP contribution in [0.4, 0.5) is 10.5 Å². The number of amides is 3. The Morgan fingerprint density at radius 3 is 2.51 bits per heavy atom. The molecule has 0 spiro atoms. The molecular formula is C38H46Cl2N6O7. The fraction of sp³-hybridized carbons (Fsp3) is 0.342. The van der Waals surface area contributed by atoms with Crippen molar-refractivity contribution in [1.29, 1.82) is 0 Å². The number of ether oxygens (including phenoxy) is 2. The Kier molecular flexibility index (Phi) is 15.4. The molecule has 13 nitrogen and oxygen atoms in total. The minimum absolute atomic E-state index is 0.0754. The molecule has 53 heavy (non-hydrogen) atoms. The first-order valence-electron chi connectivity index (χ1n) is 17.0. The van der Waals surface area contributed by atoms with Crippen molar-refractivity contribution in [3.05, 3.63) is 101 Å². The zero-order valence-electron chi connectivity index (χ0n) is 30.2. The average molecular weight is 770 g/mol. The van der Waals surface area contributed by atoms with Crippen molar-refractivity contribution in [3.8, 4) is 11.5 Å². The summed E-state index contributed by atoms with van der Waals surface area (Å²) < 4.78 is 11.4. The lowest BCUT2D eigenvalue weighted by atomic mass is 9.97. The molecule has 3 aliphatic rings. The number of aryl methyl sites for hydroxylation is 1. The molecular weight excluding hydrogens is 723 g/mol. The lowest BCUT2D eigenvalue weighted by molar-refractivity contribution is -0.115. The smallest absolute Gasteiger partial charge is 0.415 e. The number of hydrogen-bond donors (Lipinski definition) is 5. The molecule has 0 aromatic heterocycles. The Morgan fingerprint density at radius 1 is 1.04 bits per heavy atom. The molecule has 0 saturated carbocycles. The third-order valence-electron chi connectivity index (χ3n) is 8.63. The van der Waals surface area contributed by atoms with E-state index in [0.717, 1.165) is 21.9 Å². The highest BCUT2D eigenvalue weighted by Gasteiger charge is 2.34. The van der Waals surface area contributed by atoms with Crippen LogP contribution in [0.3, 0.4) is 0 Å². The van der Waals surface area contributed by atoms with Crippen molar-refractivity contribution >= 4 is 57.6 Å². The van der Waals surface area contributed by atoms with Crippen LogP contribution in [0.25, 0.3) is 10.8 Å². The van der Waals surface area contributed by atoms with Crippen LogP contribution in [0.1, 0.15) is 21.5 Å². The van der Waals surface area contributed by atoms with Crippen LogP contribution in [0.2, 0.25) is 0 Å². The van der Waals surface area contributed by atoms with Gasteiger partial charge < -0.3 is 50.3 Å². The van der Waals surface area contributed by atoms with E-state index in [-0.39, 0.29) is 50.1 Å². The van der Waals surface area contributed by atoms with Crippen LogP contribution in [0.15, 0.2) is 84.5 Å². The van der Waals surface area contributed by atoms with Crippen molar-refractivity contribution in [2.75, 3.05) is 70.7 Å². The fourth-order valence-electron chi connectivity index (χ4n) is 6.18. The number of rotatable bonds is 12. The summed E-state index contributed by atoms with van der Waals surface area (Å²) in [6, 6.07) is 13.6. The van der Waals surface area contributed by atoms with Crippen molar-refractivity contribution in [2.24, 2.45) is 0 Å². The third kappa shape index (κ3) is 9.80. The van der Waals surface area contributed by atoms with Gasteiger partial charge in [-0.3, -0.25) is 9.59 Å². The quantitative estimate of drug-likeness (QED) is 0.132. The van der Waals surface area contributed by atoms with Crippen LogP contribution in [0, 0.1) is 6.92 Å². The number of alkyl halides is 2. The molecule has 3 aliphatic heterocycles.